The molecule has 3 atom stereocenters. The summed E-state index contributed by atoms with van der Waals surface area (Å²) in [5, 5.41) is 26.5. The first-order chi connectivity index (χ1) is 15.5. The number of nitrogens with zero attached hydrogens (tertiary/aromatic N) is 3. The summed E-state index contributed by atoms with van der Waals surface area (Å²) in [6, 6.07) is 0. The van der Waals surface area contributed by atoms with Gasteiger partial charge in [-0.2, -0.15) is 0 Å². The molecule has 0 aliphatic carbocycles. The number of rotatable bonds is 15. The molecule has 0 radical (unpaired) electrons. The predicted molar refractivity (Wildman–Crippen MR) is 128 cm³/mol. The zero-order chi connectivity index (χ0) is 24.8. The molecule has 33 heavy (non-hydrogen) atoms. The van der Waals surface area contributed by atoms with Crippen molar-refractivity contribution in [3.63, 3.8) is 0 Å². The molecule has 0 aromatic carbocycles. The summed E-state index contributed by atoms with van der Waals surface area (Å²) in [5.41, 5.74) is 0. The zero-order valence-electron chi connectivity index (χ0n) is 18.7. The van der Waals surface area contributed by atoms with Crippen LogP contribution < -0.4 is 0 Å². The van der Waals surface area contributed by atoms with Crippen LogP contribution >= 0.6 is 24.4 Å². The Labute approximate surface area is 197 Å². The topological polar surface area (TPSA) is 182 Å². The van der Waals surface area contributed by atoms with Gasteiger partial charge in [-0.3, -0.25) is 29.1 Å². The van der Waals surface area contributed by atoms with E-state index in [1.54, 1.807) is 0 Å². The highest BCUT2D eigenvalue weighted by atomic mass is 31.1. The van der Waals surface area contributed by atoms with Gasteiger partial charge in [0.25, 0.3) is 0 Å². The Hall–Kier alpha value is -0.540. The van der Waals surface area contributed by atoms with Crippen LogP contribution in [0, 0.1) is 0 Å². The van der Waals surface area contributed by atoms with Gasteiger partial charge in [0, 0.05) is 101 Å². The fraction of sp³-hybridized carbons (Fsp3) is 0.833. The van der Waals surface area contributed by atoms with E-state index in [-0.39, 0.29) is 37.7 Å². The van der Waals surface area contributed by atoms with Crippen LogP contribution in [0.4, 0.5) is 0 Å². The molecule has 0 amide bonds. The highest BCUT2D eigenvalue weighted by Gasteiger charge is 2.22. The van der Waals surface area contributed by atoms with Crippen molar-refractivity contribution in [2.24, 2.45) is 0 Å². The van der Waals surface area contributed by atoms with Crippen LogP contribution in [0.25, 0.3) is 0 Å². The van der Waals surface area contributed by atoms with Gasteiger partial charge in [-0.1, -0.05) is 0 Å². The van der Waals surface area contributed by atoms with Crippen molar-refractivity contribution >= 4 is 42.4 Å². The molecular formula is C18H36N3O9P3. The molecule has 12 nitrogen and oxygen atoms in total. The maximum absolute atomic E-state index is 10.8. The average Bonchev–Trinajstić information content (AvgIpc) is 2.81. The second-order valence-electron chi connectivity index (χ2n) is 7.90. The van der Waals surface area contributed by atoms with E-state index in [1.807, 2.05) is 14.7 Å². The highest BCUT2D eigenvalue weighted by Crippen LogP contribution is 2.34. The van der Waals surface area contributed by atoms with E-state index in [4.69, 9.17) is 15.3 Å². The van der Waals surface area contributed by atoms with Crippen LogP contribution in [-0.4, -0.2) is 139 Å². The molecule has 1 aliphatic rings. The smallest absolute Gasteiger partial charge is 0.303 e. The number of hydrogen-bond acceptors (Lipinski definition) is 9. The van der Waals surface area contributed by atoms with Crippen molar-refractivity contribution in [2.75, 3.05) is 76.6 Å². The molecule has 192 valence electrons. The second-order valence-corrected chi connectivity index (χ2v) is 13.1. The fourth-order valence-electron chi connectivity index (χ4n) is 3.19. The highest BCUT2D eigenvalue weighted by molar-refractivity contribution is 7.52. The number of hydrogen-bond donors (Lipinski definition) is 6. The van der Waals surface area contributed by atoms with Crippen molar-refractivity contribution in [3.8, 4) is 0 Å². The molecule has 0 spiro atoms. The van der Waals surface area contributed by atoms with Gasteiger partial charge >= 0.3 is 17.9 Å². The number of aliphatic carboxylic acids is 3. The van der Waals surface area contributed by atoms with Gasteiger partial charge in [0.05, 0.1) is 19.3 Å². The molecule has 1 rings (SSSR count). The Bertz CT molecular complexity index is 527. The van der Waals surface area contributed by atoms with Gasteiger partial charge in [0.15, 0.2) is 0 Å². The summed E-state index contributed by atoms with van der Waals surface area (Å²) >= 11 is 0. The molecule has 1 heterocycles. The predicted octanol–water partition coefficient (Wildman–Crippen LogP) is 0.370. The monoisotopic (exact) mass is 531 g/mol. The van der Waals surface area contributed by atoms with Crippen LogP contribution in [0.1, 0.15) is 19.3 Å². The minimum absolute atomic E-state index is 0.0922. The summed E-state index contributed by atoms with van der Waals surface area (Å²) in [5.74, 6) is -2.85. The van der Waals surface area contributed by atoms with Crippen LogP contribution in [0.5, 0.6) is 0 Å². The Kier molecular flexibility index (Phi) is 15.7. The quantitative estimate of drug-likeness (QED) is 0.160. The first kappa shape index (κ1) is 30.5. The summed E-state index contributed by atoms with van der Waals surface area (Å²) in [6.45, 7) is 3.64. The molecule has 1 saturated heterocycles. The second kappa shape index (κ2) is 17.0. The fourth-order valence-corrected chi connectivity index (χ4v) is 7.19. The molecule has 0 aromatic heterocycles. The molecule has 0 saturated carbocycles. The van der Waals surface area contributed by atoms with Crippen molar-refractivity contribution < 1.29 is 44.4 Å². The van der Waals surface area contributed by atoms with Crippen molar-refractivity contribution in [3.05, 3.63) is 0 Å². The number of carboxylic acids is 3. The molecular weight excluding hydrogens is 495 g/mol. The lowest BCUT2D eigenvalue weighted by atomic mass is 10.5. The summed E-state index contributed by atoms with van der Waals surface area (Å²) in [6.07, 6.45) is 1.45. The summed E-state index contributed by atoms with van der Waals surface area (Å²) < 4.78 is 0. The molecule has 0 bridgehead atoms. The van der Waals surface area contributed by atoms with Gasteiger partial charge in [0.1, 0.15) is 0 Å². The third-order valence-electron chi connectivity index (χ3n) is 5.04. The standard InChI is InChI=1S/C18H36N3O9P3/c22-16(23)1-10-31(28)13-19-4-6-20(14-32(29)11-2-17(24)25)8-9-21(7-5-19)15-33(30)12-3-18(26)27/h28-30H,1-15H2,(H,22,23)(H,24,25)(H,26,27). The van der Waals surface area contributed by atoms with Gasteiger partial charge < -0.3 is 30.0 Å². The molecule has 3 unspecified atom stereocenters. The van der Waals surface area contributed by atoms with Gasteiger partial charge in [0.2, 0.25) is 0 Å². The van der Waals surface area contributed by atoms with Crippen molar-refractivity contribution in [2.45, 2.75) is 19.3 Å². The Morgan fingerprint density at radius 3 is 0.909 bits per heavy atom. The normalized spacial score (nSPS) is 19.7. The van der Waals surface area contributed by atoms with Gasteiger partial charge in [-0.25, -0.2) is 0 Å². The lowest BCUT2D eigenvalue weighted by Crippen LogP contribution is -2.36. The maximum Gasteiger partial charge on any atom is 0.303 e. The van der Waals surface area contributed by atoms with E-state index in [2.05, 4.69) is 0 Å². The minimum Gasteiger partial charge on any atom is -0.481 e. The first-order valence-electron chi connectivity index (χ1n) is 10.7. The molecule has 15 heteroatoms. The van der Waals surface area contributed by atoms with Crippen LogP contribution in [-0.2, 0) is 14.4 Å². The van der Waals surface area contributed by atoms with Gasteiger partial charge in [-0.15, -0.1) is 0 Å². The maximum atomic E-state index is 10.8. The lowest BCUT2D eigenvalue weighted by molar-refractivity contribution is -0.137. The van der Waals surface area contributed by atoms with Crippen molar-refractivity contribution in [1.29, 1.82) is 0 Å². The lowest BCUT2D eigenvalue weighted by Gasteiger charge is -2.28. The van der Waals surface area contributed by atoms with E-state index < -0.39 is 42.4 Å². The van der Waals surface area contributed by atoms with Crippen LogP contribution in [0.15, 0.2) is 0 Å². The third kappa shape index (κ3) is 15.9. The van der Waals surface area contributed by atoms with E-state index in [9.17, 15) is 29.1 Å². The Morgan fingerprint density at radius 1 is 0.515 bits per heavy atom. The molecule has 0 aromatic rings. The molecule has 1 aliphatic heterocycles. The molecule has 6 N–H and O–H groups in total. The zero-order valence-corrected chi connectivity index (χ0v) is 21.4. The summed E-state index contributed by atoms with van der Waals surface area (Å²) in [7, 11) is -4.40. The van der Waals surface area contributed by atoms with E-state index in [0.717, 1.165) is 0 Å². The van der Waals surface area contributed by atoms with Crippen LogP contribution in [0.2, 0.25) is 0 Å². The Morgan fingerprint density at radius 2 is 0.727 bits per heavy atom. The number of carboxylic acid groups (broad SMARTS) is 3. The van der Waals surface area contributed by atoms with Gasteiger partial charge in [-0.05, 0) is 0 Å². The minimum atomic E-state index is -1.47. The van der Waals surface area contributed by atoms with E-state index in [0.29, 0.717) is 58.1 Å². The largest absolute Gasteiger partial charge is 0.481 e. The SMILES string of the molecule is O=C(O)CCP(O)CN1CCN(CP(O)CCC(=O)O)CCN(CP(O)CCC(=O)O)CC1. The average molecular weight is 531 g/mol. The van der Waals surface area contributed by atoms with Crippen LogP contribution in [0.3, 0.4) is 0 Å². The summed E-state index contributed by atoms with van der Waals surface area (Å²) in [4.78, 5) is 69.4. The first-order valence-corrected chi connectivity index (χ1v) is 15.7. The number of carbonyl (C=O) groups is 3. The molecule has 1 fully saturated rings. The van der Waals surface area contributed by atoms with E-state index in [1.165, 1.54) is 0 Å². The van der Waals surface area contributed by atoms with Crippen molar-refractivity contribution in [1.82, 2.24) is 14.7 Å². The third-order valence-corrected chi connectivity index (χ3v) is 9.44. The Balaban J connectivity index is 2.74. The van der Waals surface area contributed by atoms with E-state index >= 15 is 0 Å².